The fraction of sp³-hybridized carbons (Fsp3) is 0.368. The minimum Gasteiger partial charge on any atom is -0.497 e. The number of carboxylic acid groups (broad SMARTS) is 1. The second kappa shape index (κ2) is 7.81. The molecule has 0 bridgehead atoms. The summed E-state index contributed by atoms with van der Waals surface area (Å²) in [5.74, 6) is -0.238. The first-order chi connectivity index (χ1) is 11.4. The van der Waals surface area contributed by atoms with Gasteiger partial charge >= 0.3 is 5.97 Å². The molecule has 0 spiro atoms. The molecule has 1 N–H and O–H groups in total. The van der Waals surface area contributed by atoms with Crippen LogP contribution in [0.2, 0.25) is 0 Å². The smallest absolute Gasteiger partial charge is 0.323 e. The number of carbonyl (C=O) groups is 2. The van der Waals surface area contributed by atoms with Gasteiger partial charge in [-0.1, -0.05) is 38.1 Å². The van der Waals surface area contributed by atoms with E-state index in [4.69, 9.17) is 9.84 Å². The number of carboxylic acids is 1. The van der Waals surface area contributed by atoms with Crippen LogP contribution in [0.5, 0.6) is 5.75 Å². The highest BCUT2D eigenvalue weighted by Gasteiger charge is 2.19. The van der Waals surface area contributed by atoms with Crippen molar-refractivity contribution >= 4 is 22.6 Å². The van der Waals surface area contributed by atoms with Gasteiger partial charge in [0.25, 0.3) is 0 Å². The molecule has 0 fully saturated rings. The normalized spacial score (nSPS) is 10.8. The molecule has 2 rings (SSSR count). The van der Waals surface area contributed by atoms with Gasteiger partial charge in [-0.05, 0) is 34.4 Å². The summed E-state index contributed by atoms with van der Waals surface area (Å²) in [5.41, 5.74) is 0.871. The highest BCUT2D eigenvalue weighted by molar-refractivity contribution is 5.91. The Labute approximate surface area is 141 Å². The average Bonchev–Trinajstić information content (AvgIpc) is 2.53. The van der Waals surface area contributed by atoms with Gasteiger partial charge in [0, 0.05) is 6.54 Å². The molecule has 24 heavy (non-hydrogen) atoms. The molecule has 0 radical (unpaired) electrons. The molecule has 0 aromatic heterocycles. The maximum absolute atomic E-state index is 12.6. The number of aliphatic carboxylic acids is 1. The minimum atomic E-state index is -0.997. The Morgan fingerprint density at radius 1 is 1.21 bits per heavy atom. The molecule has 1 amide bonds. The molecule has 0 saturated heterocycles. The van der Waals surface area contributed by atoms with Crippen LogP contribution in [0.3, 0.4) is 0 Å². The Balaban J connectivity index is 2.29. The Hall–Kier alpha value is -2.56. The molecule has 0 heterocycles. The molecule has 0 aliphatic heterocycles. The van der Waals surface area contributed by atoms with E-state index in [1.807, 2.05) is 50.2 Å². The summed E-state index contributed by atoms with van der Waals surface area (Å²) < 4.78 is 5.26. The van der Waals surface area contributed by atoms with Gasteiger partial charge in [-0.15, -0.1) is 0 Å². The lowest BCUT2D eigenvalue weighted by Crippen LogP contribution is -2.39. The lowest BCUT2D eigenvalue weighted by Gasteiger charge is -2.23. The van der Waals surface area contributed by atoms with Gasteiger partial charge in [0.2, 0.25) is 5.91 Å². The van der Waals surface area contributed by atoms with Crippen LogP contribution >= 0.6 is 0 Å². The summed E-state index contributed by atoms with van der Waals surface area (Å²) in [6, 6.07) is 11.5. The maximum Gasteiger partial charge on any atom is 0.323 e. The van der Waals surface area contributed by atoms with Crippen molar-refractivity contribution in [3.8, 4) is 5.75 Å². The Morgan fingerprint density at radius 3 is 2.58 bits per heavy atom. The fourth-order valence-electron chi connectivity index (χ4n) is 2.73. The molecule has 0 aliphatic rings. The lowest BCUT2D eigenvalue weighted by molar-refractivity contribution is -0.144. The van der Waals surface area contributed by atoms with E-state index in [9.17, 15) is 9.59 Å². The number of nitrogens with zero attached hydrogens (tertiary/aromatic N) is 1. The van der Waals surface area contributed by atoms with E-state index in [1.165, 1.54) is 4.90 Å². The van der Waals surface area contributed by atoms with Gasteiger partial charge < -0.3 is 14.7 Å². The van der Waals surface area contributed by atoms with Crippen LogP contribution < -0.4 is 4.74 Å². The molecule has 0 unspecified atom stereocenters. The monoisotopic (exact) mass is 329 g/mol. The summed E-state index contributed by atoms with van der Waals surface area (Å²) in [6.07, 6.45) is 0.171. The molecule has 2 aromatic rings. The summed E-state index contributed by atoms with van der Waals surface area (Å²) in [7, 11) is 1.60. The first kappa shape index (κ1) is 17.8. The van der Waals surface area contributed by atoms with E-state index in [2.05, 4.69) is 0 Å². The molecular formula is C19H23NO4. The summed E-state index contributed by atoms with van der Waals surface area (Å²) in [4.78, 5) is 25.1. The van der Waals surface area contributed by atoms with E-state index in [-0.39, 0.29) is 24.8 Å². The highest BCUT2D eigenvalue weighted by atomic mass is 16.5. The molecular weight excluding hydrogens is 306 g/mol. The number of rotatable bonds is 7. The van der Waals surface area contributed by atoms with E-state index in [0.717, 1.165) is 22.1 Å². The van der Waals surface area contributed by atoms with Crippen LogP contribution in [-0.2, 0) is 16.0 Å². The first-order valence-corrected chi connectivity index (χ1v) is 7.96. The van der Waals surface area contributed by atoms with Gasteiger partial charge in [-0.3, -0.25) is 9.59 Å². The number of hydrogen-bond donors (Lipinski definition) is 1. The van der Waals surface area contributed by atoms with Crippen LogP contribution in [0, 0.1) is 5.92 Å². The third kappa shape index (κ3) is 4.47. The third-order valence-corrected chi connectivity index (χ3v) is 3.79. The fourth-order valence-corrected chi connectivity index (χ4v) is 2.73. The predicted octanol–water partition coefficient (Wildman–Crippen LogP) is 2.96. The number of amides is 1. The summed E-state index contributed by atoms with van der Waals surface area (Å²) in [5, 5.41) is 11.0. The maximum atomic E-state index is 12.6. The van der Waals surface area contributed by atoms with Crippen LogP contribution in [0.25, 0.3) is 10.8 Å². The SMILES string of the molecule is COc1ccc2cccc(CC(=O)N(CC(=O)O)CC(C)C)c2c1. The molecule has 0 aliphatic carbocycles. The third-order valence-electron chi connectivity index (χ3n) is 3.79. The molecule has 2 aromatic carbocycles. The second-order valence-corrected chi connectivity index (χ2v) is 6.24. The molecule has 5 heteroatoms. The zero-order chi connectivity index (χ0) is 17.7. The average molecular weight is 329 g/mol. The Morgan fingerprint density at radius 2 is 1.96 bits per heavy atom. The van der Waals surface area contributed by atoms with Gasteiger partial charge in [-0.2, -0.15) is 0 Å². The van der Waals surface area contributed by atoms with E-state index in [1.54, 1.807) is 7.11 Å². The van der Waals surface area contributed by atoms with Gasteiger partial charge in [-0.25, -0.2) is 0 Å². The van der Waals surface area contributed by atoms with Crippen molar-refractivity contribution in [1.82, 2.24) is 4.90 Å². The highest BCUT2D eigenvalue weighted by Crippen LogP contribution is 2.24. The van der Waals surface area contributed by atoms with E-state index < -0.39 is 5.97 Å². The minimum absolute atomic E-state index is 0.171. The zero-order valence-electron chi connectivity index (χ0n) is 14.3. The van der Waals surface area contributed by atoms with Crippen LogP contribution in [0.1, 0.15) is 19.4 Å². The van der Waals surface area contributed by atoms with Crippen molar-refractivity contribution in [1.29, 1.82) is 0 Å². The quantitative estimate of drug-likeness (QED) is 0.848. The van der Waals surface area contributed by atoms with Crippen molar-refractivity contribution in [3.05, 3.63) is 42.0 Å². The predicted molar refractivity (Wildman–Crippen MR) is 93.3 cm³/mol. The van der Waals surface area contributed by atoms with Crippen LogP contribution in [-0.4, -0.2) is 42.1 Å². The summed E-state index contributed by atoms with van der Waals surface area (Å²) >= 11 is 0. The van der Waals surface area contributed by atoms with Crippen molar-refractivity contribution in [3.63, 3.8) is 0 Å². The number of fused-ring (bicyclic) bond motifs is 1. The van der Waals surface area contributed by atoms with Gasteiger partial charge in [0.1, 0.15) is 12.3 Å². The number of methoxy groups -OCH3 is 1. The number of ether oxygens (including phenoxy) is 1. The number of hydrogen-bond acceptors (Lipinski definition) is 3. The van der Waals surface area contributed by atoms with Gasteiger partial charge in [0.05, 0.1) is 13.5 Å². The topological polar surface area (TPSA) is 66.8 Å². The van der Waals surface area contributed by atoms with Crippen LogP contribution in [0.4, 0.5) is 0 Å². The van der Waals surface area contributed by atoms with Crippen molar-refractivity contribution in [2.75, 3.05) is 20.2 Å². The zero-order valence-corrected chi connectivity index (χ0v) is 14.3. The second-order valence-electron chi connectivity index (χ2n) is 6.24. The van der Waals surface area contributed by atoms with Crippen molar-refractivity contribution in [2.24, 2.45) is 5.92 Å². The lowest BCUT2D eigenvalue weighted by atomic mass is 10.0. The Kier molecular flexibility index (Phi) is 5.79. The number of carbonyl (C=O) groups excluding carboxylic acids is 1. The van der Waals surface area contributed by atoms with E-state index in [0.29, 0.717) is 6.54 Å². The molecule has 5 nitrogen and oxygen atoms in total. The Bertz CT molecular complexity index is 739. The molecule has 0 atom stereocenters. The molecule has 0 saturated carbocycles. The van der Waals surface area contributed by atoms with Gasteiger partial charge in [0.15, 0.2) is 0 Å². The largest absolute Gasteiger partial charge is 0.497 e. The van der Waals surface area contributed by atoms with Crippen molar-refractivity contribution < 1.29 is 19.4 Å². The van der Waals surface area contributed by atoms with Crippen LogP contribution in [0.15, 0.2) is 36.4 Å². The summed E-state index contributed by atoms with van der Waals surface area (Å²) in [6.45, 7) is 4.08. The van der Waals surface area contributed by atoms with E-state index >= 15 is 0 Å². The number of benzene rings is 2. The molecule has 128 valence electrons. The standard InChI is InChI=1S/C19H23NO4/c1-13(2)11-20(12-19(22)23)18(21)9-15-6-4-5-14-7-8-16(24-3)10-17(14)15/h4-8,10,13H,9,11-12H2,1-3H3,(H,22,23). The van der Waals surface area contributed by atoms with Crippen molar-refractivity contribution in [2.45, 2.75) is 20.3 Å². The first-order valence-electron chi connectivity index (χ1n) is 7.96.